The predicted octanol–water partition coefficient (Wildman–Crippen LogP) is 4.38. The molecule has 2 N–H and O–H groups in total. The van der Waals surface area contributed by atoms with Gasteiger partial charge in [0.15, 0.2) is 0 Å². The molecule has 2 aromatic carbocycles. The Labute approximate surface area is 183 Å². The average Bonchev–Trinajstić information content (AvgIpc) is 2.73. The predicted molar refractivity (Wildman–Crippen MR) is 119 cm³/mol. The van der Waals surface area contributed by atoms with Gasteiger partial charge in [0, 0.05) is 22.8 Å². The molecule has 150 valence electrons. The van der Waals surface area contributed by atoms with Crippen LogP contribution >= 0.6 is 15.9 Å². The molecule has 0 radical (unpaired) electrons. The third-order valence-electron chi connectivity index (χ3n) is 5.34. The monoisotopic (exact) mass is 461 g/mol. The van der Waals surface area contributed by atoms with Gasteiger partial charge in [0.1, 0.15) is 17.4 Å². The number of nitrogens with two attached hydrogens (primary N) is 1. The molecule has 6 heteroatoms. The molecular weight excluding hydrogens is 442 g/mol. The van der Waals surface area contributed by atoms with Crippen LogP contribution in [0.1, 0.15) is 28.3 Å². The van der Waals surface area contributed by atoms with E-state index in [-0.39, 0.29) is 17.0 Å². The van der Waals surface area contributed by atoms with Crippen LogP contribution in [-0.2, 0) is 13.0 Å². The first-order valence-corrected chi connectivity index (χ1v) is 10.4. The molecule has 1 unspecified atom stereocenters. The lowest BCUT2D eigenvalue weighted by Gasteiger charge is -2.27. The van der Waals surface area contributed by atoms with Gasteiger partial charge in [-0.2, -0.15) is 5.26 Å². The molecule has 0 aliphatic carbocycles. The van der Waals surface area contributed by atoms with E-state index in [0.717, 1.165) is 27.7 Å². The number of hydrogen-bond donors (Lipinski definition) is 1. The molecule has 4 rings (SSSR count). The van der Waals surface area contributed by atoms with E-state index in [2.05, 4.69) is 22.0 Å². The topological polar surface area (TPSA) is 81.0 Å². The minimum absolute atomic E-state index is 0.0378. The van der Waals surface area contributed by atoms with E-state index in [1.165, 1.54) is 0 Å². The second-order valence-electron chi connectivity index (χ2n) is 7.24. The number of benzene rings is 2. The largest absolute Gasteiger partial charge is 0.440 e. The Hall–Kier alpha value is -3.30. The molecule has 0 spiro atoms. The molecule has 2 heterocycles. The van der Waals surface area contributed by atoms with Gasteiger partial charge < -0.3 is 15.0 Å². The van der Waals surface area contributed by atoms with Gasteiger partial charge in [0.05, 0.1) is 11.5 Å². The quantitative estimate of drug-likeness (QED) is 0.624. The van der Waals surface area contributed by atoms with Crippen molar-refractivity contribution in [2.24, 2.45) is 5.73 Å². The normalized spacial score (nSPS) is 15.3. The van der Waals surface area contributed by atoms with Gasteiger partial charge in [-0.15, -0.1) is 0 Å². The third-order valence-corrected chi connectivity index (χ3v) is 5.83. The van der Waals surface area contributed by atoms with Crippen molar-refractivity contribution in [2.75, 3.05) is 0 Å². The van der Waals surface area contributed by atoms with Gasteiger partial charge >= 0.3 is 0 Å². The van der Waals surface area contributed by atoms with Crippen LogP contribution in [0.15, 0.2) is 81.4 Å². The maximum atomic E-state index is 13.6. The molecule has 0 fully saturated rings. The van der Waals surface area contributed by atoms with Crippen molar-refractivity contribution in [3.63, 3.8) is 0 Å². The zero-order valence-electron chi connectivity index (χ0n) is 16.4. The third kappa shape index (κ3) is 3.64. The van der Waals surface area contributed by atoms with Gasteiger partial charge in [0.2, 0.25) is 5.88 Å². The maximum absolute atomic E-state index is 13.6. The number of aromatic nitrogens is 1. The number of fused-ring (bicyclic) bond motifs is 1. The van der Waals surface area contributed by atoms with E-state index in [4.69, 9.17) is 10.5 Å². The van der Waals surface area contributed by atoms with Crippen LogP contribution in [0.5, 0.6) is 5.75 Å². The Morgan fingerprint density at radius 1 is 1.17 bits per heavy atom. The van der Waals surface area contributed by atoms with Crippen LogP contribution in [-0.4, -0.2) is 4.57 Å². The highest BCUT2D eigenvalue weighted by Crippen LogP contribution is 2.41. The summed E-state index contributed by atoms with van der Waals surface area (Å²) in [6.07, 6.45) is 0.728. The summed E-state index contributed by atoms with van der Waals surface area (Å²) < 4.78 is 8.31. The van der Waals surface area contributed by atoms with Gasteiger partial charge in [-0.05, 0) is 36.6 Å². The van der Waals surface area contributed by atoms with Crippen molar-refractivity contribution >= 4 is 15.9 Å². The number of allylic oxidation sites excluding steroid dienone is 1. The summed E-state index contributed by atoms with van der Waals surface area (Å²) in [7, 11) is 0. The van der Waals surface area contributed by atoms with E-state index in [9.17, 15) is 10.1 Å². The smallest absolute Gasteiger partial charge is 0.258 e. The highest BCUT2D eigenvalue weighted by Gasteiger charge is 2.34. The summed E-state index contributed by atoms with van der Waals surface area (Å²) in [5.41, 5.74) is 9.34. The minimum Gasteiger partial charge on any atom is -0.440 e. The molecule has 5 nitrogen and oxygen atoms in total. The summed E-state index contributed by atoms with van der Waals surface area (Å²) in [6.45, 7) is 2.41. The molecule has 0 saturated carbocycles. The molecule has 0 amide bonds. The molecule has 0 saturated heterocycles. The number of ether oxygens (including phenoxy) is 1. The maximum Gasteiger partial charge on any atom is 0.258 e. The highest BCUT2D eigenvalue weighted by molar-refractivity contribution is 9.10. The molecule has 1 aliphatic rings. The SMILES string of the molecule is Cc1cc2c(c(=O)n1CCc1ccccc1)C(c1cccc(Br)c1)C(C#N)=C(N)O2. The first-order valence-electron chi connectivity index (χ1n) is 9.61. The molecule has 0 bridgehead atoms. The first kappa shape index (κ1) is 20.0. The zero-order chi connectivity index (χ0) is 21.3. The fourth-order valence-corrected chi connectivity index (χ4v) is 4.29. The van der Waals surface area contributed by atoms with Crippen molar-refractivity contribution in [1.29, 1.82) is 5.26 Å². The number of halogens is 1. The fourth-order valence-electron chi connectivity index (χ4n) is 3.87. The van der Waals surface area contributed by atoms with Crippen molar-refractivity contribution in [3.05, 3.63) is 109 Å². The second-order valence-corrected chi connectivity index (χ2v) is 8.15. The minimum atomic E-state index is -0.577. The molecule has 1 atom stereocenters. The second kappa shape index (κ2) is 8.21. The highest BCUT2D eigenvalue weighted by atomic mass is 79.9. The van der Waals surface area contributed by atoms with E-state index >= 15 is 0 Å². The summed E-state index contributed by atoms with van der Waals surface area (Å²) >= 11 is 3.48. The standard InChI is InChI=1S/C24H20BrN3O2/c1-15-12-20-22(24(29)28(15)11-10-16-6-3-2-4-7-16)21(19(14-26)23(27)30-20)17-8-5-9-18(25)13-17/h2-9,12-13,21H,10-11,27H2,1H3. The van der Waals surface area contributed by atoms with Crippen LogP contribution in [0.4, 0.5) is 0 Å². The van der Waals surface area contributed by atoms with Crippen LogP contribution < -0.4 is 16.0 Å². The van der Waals surface area contributed by atoms with Crippen molar-refractivity contribution in [2.45, 2.75) is 25.8 Å². The van der Waals surface area contributed by atoms with Crippen molar-refractivity contribution in [1.82, 2.24) is 4.57 Å². The van der Waals surface area contributed by atoms with Crippen LogP contribution in [0, 0.1) is 18.3 Å². The lowest BCUT2D eigenvalue weighted by atomic mass is 9.84. The summed E-state index contributed by atoms with van der Waals surface area (Å²) in [5, 5.41) is 9.77. The number of nitriles is 1. The molecule has 3 aromatic rings. The van der Waals surface area contributed by atoms with Gasteiger partial charge in [0.25, 0.3) is 5.56 Å². The Balaban J connectivity index is 1.84. The first-order chi connectivity index (χ1) is 14.5. The molecular formula is C24H20BrN3O2. The molecule has 30 heavy (non-hydrogen) atoms. The lowest BCUT2D eigenvalue weighted by molar-refractivity contribution is 0.388. The van der Waals surface area contributed by atoms with Gasteiger partial charge in [-0.1, -0.05) is 58.4 Å². The number of hydrogen-bond acceptors (Lipinski definition) is 4. The molecule has 1 aromatic heterocycles. The Morgan fingerprint density at radius 2 is 1.93 bits per heavy atom. The average molecular weight is 462 g/mol. The Bertz CT molecular complexity index is 1240. The van der Waals surface area contributed by atoms with Gasteiger partial charge in [-0.3, -0.25) is 4.79 Å². The number of pyridine rings is 1. The van der Waals surface area contributed by atoms with Crippen molar-refractivity contribution < 1.29 is 4.74 Å². The van der Waals surface area contributed by atoms with E-state index in [1.54, 1.807) is 4.57 Å². The summed E-state index contributed by atoms with van der Waals surface area (Å²) in [5.74, 6) is -0.127. The fraction of sp³-hybridized carbons (Fsp3) is 0.167. The Kier molecular flexibility index (Phi) is 5.47. The summed E-state index contributed by atoms with van der Waals surface area (Å²) in [4.78, 5) is 13.6. The number of aryl methyl sites for hydroxylation is 2. The lowest BCUT2D eigenvalue weighted by Crippen LogP contribution is -2.33. The number of rotatable bonds is 4. The molecule has 1 aliphatic heterocycles. The van der Waals surface area contributed by atoms with Crippen LogP contribution in [0.3, 0.4) is 0 Å². The summed E-state index contributed by atoms with van der Waals surface area (Å²) in [6, 6.07) is 21.6. The van der Waals surface area contributed by atoms with Crippen LogP contribution in [0.2, 0.25) is 0 Å². The number of nitrogens with zero attached hydrogens (tertiary/aromatic N) is 2. The van der Waals surface area contributed by atoms with Crippen molar-refractivity contribution in [3.8, 4) is 11.8 Å². The Morgan fingerprint density at radius 3 is 2.63 bits per heavy atom. The van der Waals surface area contributed by atoms with Crippen LogP contribution in [0.25, 0.3) is 0 Å². The van der Waals surface area contributed by atoms with E-state index in [1.807, 2.05) is 67.6 Å². The zero-order valence-corrected chi connectivity index (χ0v) is 18.0. The van der Waals surface area contributed by atoms with E-state index < -0.39 is 5.92 Å². The van der Waals surface area contributed by atoms with E-state index in [0.29, 0.717) is 17.9 Å². The van der Waals surface area contributed by atoms with Gasteiger partial charge in [-0.25, -0.2) is 0 Å².